The smallest absolute Gasteiger partial charge is 0.245 e. The lowest BCUT2D eigenvalue weighted by Crippen LogP contribution is -2.91. The van der Waals surface area contributed by atoms with Gasteiger partial charge in [-0.3, -0.25) is 0 Å². The van der Waals surface area contributed by atoms with E-state index in [1.807, 2.05) is 0 Å². The molecule has 0 atom stereocenters. The van der Waals surface area contributed by atoms with Gasteiger partial charge in [0.15, 0.2) is 0 Å². The van der Waals surface area contributed by atoms with Crippen molar-refractivity contribution in [3.8, 4) is 5.69 Å². The van der Waals surface area contributed by atoms with Crippen LogP contribution >= 0.6 is 0 Å². The van der Waals surface area contributed by atoms with Gasteiger partial charge in [0.2, 0.25) is 26.9 Å². The van der Waals surface area contributed by atoms with Crippen molar-refractivity contribution in [2.45, 2.75) is 0 Å². The average molecular weight is 598 g/mol. The minimum atomic E-state index is 0.182. The molecule has 6 aliphatic heterocycles. The molecule has 0 unspecified atom stereocenters. The summed E-state index contributed by atoms with van der Waals surface area (Å²) in [7, 11) is 0. The van der Waals surface area contributed by atoms with E-state index in [2.05, 4.69) is 143 Å². The molecule has 0 saturated heterocycles. The van der Waals surface area contributed by atoms with Crippen LogP contribution in [0.25, 0.3) is 27.5 Å². The maximum absolute atomic E-state index is 2.72. The number of nitrogens with zero attached hydrogens (tertiary/aromatic N) is 2. The molecule has 7 aromatic carbocycles. The molecule has 0 amide bonds. The van der Waals surface area contributed by atoms with Crippen LogP contribution in [0.15, 0.2) is 133 Å². The van der Waals surface area contributed by atoms with Gasteiger partial charge in [-0.2, -0.15) is 0 Å². The molecule has 212 valence electrons. The van der Waals surface area contributed by atoms with Crippen molar-refractivity contribution in [3.63, 3.8) is 0 Å². The lowest BCUT2D eigenvalue weighted by Gasteiger charge is -2.51. The van der Waals surface area contributed by atoms with Crippen molar-refractivity contribution in [2.24, 2.45) is 0 Å². The van der Waals surface area contributed by atoms with Crippen LogP contribution in [-0.2, 0) is 0 Å². The van der Waals surface area contributed by atoms with Gasteiger partial charge in [0, 0.05) is 22.0 Å². The van der Waals surface area contributed by atoms with Crippen LogP contribution in [-0.4, -0.2) is 31.4 Å². The van der Waals surface area contributed by atoms with E-state index in [-0.39, 0.29) is 26.9 Å². The standard InChI is InChI=1S/C42H22B4N2/c1-2-14-26-25(13-1)43-27-15-3-5-17-29(27)45-31-19-7-8-21-33(31)47-34-22-10-12-24-23-11-9-20-32-39(23)48(40(24)34)42-38-36(35(43)37(45)41(42)47)44(26)28-16-4-6-18-30(28)46(32)38/h1-22H. The van der Waals surface area contributed by atoms with Crippen molar-refractivity contribution in [2.75, 3.05) is 4.90 Å². The van der Waals surface area contributed by atoms with Crippen LogP contribution in [0.4, 0.5) is 17.1 Å². The van der Waals surface area contributed by atoms with Crippen molar-refractivity contribution in [1.29, 1.82) is 0 Å². The van der Waals surface area contributed by atoms with Gasteiger partial charge in [-0.1, -0.05) is 165 Å². The summed E-state index contributed by atoms with van der Waals surface area (Å²) in [6, 6.07) is 51.6. The highest BCUT2D eigenvalue weighted by molar-refractivity contribution is 7.23. The molecule has 6 aliphatic rings. The highest BCUT2D eigenvalue weighted by atomic mass is 15.2. The Morgan fingerprint density at radius 2 is 0.729 bits per heavy atom. The first-order valence-corrected chi connectivity index (χ1v) is 17.4. The van der Waals surface area contributed by atoms with Crippen LogP contribution < -0.4 is 70.5 Å². The molecule has 48 heavy (non-hydrogen) atoms. The summed E-state index contributed by atoms with van der Waals surface area (Å²) in [4.78, 5) is 2.68. The van der Waals surface area contributed by atoms with Crippen LogP contribution in [0.3, 0.4) is 0 Å². The summed E-state index contributed by atoms with van der Waals surface area (Å²) >= 11 is 0. The fraction of sp³-hybridized carbons (Fsp3) is 0. The number of aromatic nitrogens is 1. The number of rotatable bonds is 0. The van der Waals surface area contributed by atoms with E-state index >= 15 is 0 Å². The number of hydrogen-bond donors (Lipinski definition) is 0. The quantitative estimate of drug-likeness (QED) is 0.227. The first kappa shape index (κ1) is 23.7. The van der Waals surface area contributed by atoms with E-state index < -0.39 is 0 Å². The predicted molar refractivity (Wildman–Crippen MR) is 207 cm³/mol. The Balaban J connectivity index is 1.32. The molecular formula is C42H22B4N2. The molecule has 0 aliphatic carbocycles. The number of benzene rings is 7. The summed E-state index contributed by atoms with van der Waals surface area (Å²) in [6.45, 7) is 0.777. The Morgan fingerprint density at radius 1 is 0.312 bits per heavy atom. The molecule has 2 nitrogen and oxygen atoms in total. The number of anilines is 3. The average Bonchev–Trinajstić information content (AvgIpc) is 3.50. The van der Waals surface area contributed by atoms with E-state index in [4.69, 9.17) is 0 Å². The predicted octanol–water partition coefficient (Wildman–Crippen LogP) is 0.199. The van der Waals surface area contributed by atoms with Crippen molar-refractivity contribution in [3.05, 3.63) is 133 Å². The van der Waals surface area contributed by atoms with Gasteiger partial charge < -0.3 is 9.47 Å². The Labute approximate surface area is 279 Å². The van der Waals surface area contributed by atoms with Crippen LogP contribution in [0, 0.1) is 0 Å². The third-order valence-electron chi connectivity index (χ3n) is 12.9. The second-order valence-corrected chi connectivity index (χ2v) is 14.6. The maximum Gasteiger partial charge on any atom is 0.245 e. The molecule has 8 aromatic rings. The van der Waals surface area contributed by atoms with Crippen molar-refractivity contribution >= 4 is 131 Å². The fourth-order valence-electron chi connectivity index (χ4n) is 11.6. The molecular weight excluding hydrogens is 576 g/mol. The van der Waals surface area contributed by atoms with Gasteiger partial charge in [-0.25, -0.2) is 0 Å². The Hall–Kier alpha value is -5.60. The molecule has 14 rings (SSSR count). The van der Waals surface area contributed by atoms with Gasteiger partial charge in [0.1, 0.15) is 0 Å². The van der Waals surface area contributed by atoms with Gasteiger partial charge in [0.25, 0.3) is 0 Å². The molecule has 1 aromatic heterocycles. The lowest BCUT2D eigenvalue weighted by atomic mass is 9.10. The maximum atomic E-state index is 2.72. The third kappa shape index (κ3) is 2.26. The molecule has 7 heterocycles. The first-order chi connectivity index (χ1) is 23.9. The van der Waals surface area contributed by atoms with E-state index in [1.54, 1.807) is 16.4 Å². The highest BCUT2D eigenvalue weighted by Gasteiger charge is 2.57. The molecule has 0 bridgehead atoms. The highest BCUT2D eigenvalue weighted by Crippen LogP contribution is 2.50. The fourth-order valence-corrected chi connectivity index (χ4v) is 11.6. The summed E-state index contributed by atoms with van der Waals surface area (Å²) in [5.41, 5.74) is 26.2. The molecule has 0 radical (unpaired) electrons. The van der Waals surface area contributed by atoms with E-state index in [0.29, 0.717) is 0 Å². The summed E-state index contributed by atoms with van der Waals surface area (Å²) < 4.78 is 2.72. The Morgan fingerprint density at radius 3 is 1.33 bits per heavy atom. The normalized spacial score (nSPS) is 15.3. The number of fused-ring (bicyclic) bond motifs is 15. The minimum absolute atomic E-state index is 0.182. The van der Waals surface area contributed by atoms with Crippen molar-refractivity contribution < 1.29 is 0 Å². The number of para-hydroxylation sites is 3. The summed E-state index contributed by atoms with van der Waals surface area (Å²) in [5, 5.41) is 2.72. The Kier molecular flexibility index (Phi) is 3.74. The van der Waals surface area contributed by atoms with Crippen LogP contribution in [0.2, 0.25) is 0 Å². The van der Waals surface area contributed by atoms with E-state index in [0.717, 1.165) is 0 Å². The minimum Gasteiger partial charge on any atom is -0.307 e. The zero-order valence-corrected chi connectivity index (χ0v) is 25.9. The largest absolute Gasteiger partial charge is 0.307 e. The van der Waals surface area contributed by atoms with Gasteiger partial charge in [0.05, 0.1) is 22.6 Å². The second kappa shape index (κ2) is 7.58. The second-order valence-electron chi connectivity index (χ2n) is 14.6. The van der Waals surface area contributed by atoms with Gasteiger partial charge in [-0.05, 0) is 34.0 Å². The molecule has 0 fully saturated rings. The summed E-state index contributed by atoms with van der Waals surface area (Å²) in [6.07, 6.45) is 0. The third-order valence-corrected chi connectivity index (χ3v) is 12.9. The van der Waals surface area contributed by atoms with Gasteiger partial charge >= 0.3 is 0 Å². The molecule has 0 N–H and O–H groups in total. The Bertz CT molecular complexity index is 2720. The van der Waals surface area contributed by atoms with Crippen LogP contribution in [0.5, 0.6) is 0 Å². The topological polar surface area (TPSA) is 8.17 Å². The van der Waals surface area contributed by atoms with E-state index in [1.165, 1.54) is 93.7 Å². The van der Waals surface area contributed by atoms with Crippen molar-refractivity contribution in [1.82, 2.24) is 4.57 Å². The monoisotopic (exact) mass is 598 g/mol. The van der Waals surface area contributed by atoms with E-state index in [9.17, 15) is 0 Å². The zero-order chi connectivity index (χ0) is 30.6. The lowest BCUT2D eigenvalue weighted by molar-refractivity contribution is 1.13. The SMILES string of the molecule is c1ccc2c(c1)B1c3ccccc3B3c4ccccc4N4c5c3c1c1c3c5-n5c6c(cccc6c6cccc4c65)B3c3ccccc3B21. The first-order valence-electron chi connectivity index (χ1n) is 17.4. The van der Waals surface area contributed by atoms with Gasteiger partial charge in [-0.15, -0.1) is 0 Å². The molecule has 0 saturated carbocycles. The molecule has 6 heteroatoms. The number of hydrogen-bond acceptors (Lipinski definition) is 1. The zero-order valence-electron chi connectivity index (χ0n) is 25.9. The van der Waals surface area contributed by atoms with Crippen LogP contribution in [0.1, 0.15) is 0 Å². The summed E-state index contributed by atoms with van der Waals surface area (Å²) in [5.74, 6) is 0. The molecule has 0 spiro atoms.